The van der Waals surface area contributed by atoms with Crippen molar-refractivity contribution in [1.29, 1.82) is 0 Å². The molecule has 0 fully saturated rings. The van der Waals surface area contributed by atoms with Crippen LogP contribution in [-0.2, 0) is 6.54 Å². The van der Waals surface area contributed by atoms with Gasteiger partial charge in [0.15, 0.2) is 0 Å². The minimum absolute atomic E-state index is 0.0245. The van der Waals surface area contributed by atoms with Crippen LogP contribution >= 0.6 is 0 Å². The summed E-state index contributed by atoms with van der Waals surface area (Å²) >= 11 is 0. The van der Waals surface area contributed by atoms with E-state index in [4.69, 9.17) is 5.11 Å². The van der Waals surface area contributed by atoms with Gasteiger partial charge in [0.25, 0.3) is 5.56 Å². The quantitative estimate of drug-likeness (QED) is 0.621. The van der Waals surface area contributed by atoms with E-state index >= 15 is 0 Å². The van der Waals surface area contributed by atoms with Gasteiger partial charge < -0.3 is 15.0 Å². The molecule has 4 heteroatoms. The molecule has 1 rings (SSSR count). The zero-order chi connectivity index (χ0) is 10.2. The molecule has 14 heavy (non-hydrogen) atoms. The van der Waals surface area contributed by atoms with E-state index in [1.54, 1.807) is 22.9 Å². The number of pyridine rings is 1. The first-order chi connectivity index (χ1) is 6.84. The van der Waals surface area contributed by atoms with Gasteiger partial charge in [0.05, 0.1) is 0 Å². The largest absolute Gasteiger partial charge is 0.396 e. The highest BCUT2D eigenvalue weighted by molar-refractivity contribution is 4.93. The minimum Gasteiger partial charge on any atom is -0.396 e. The number of hydrogen-bond acceptors (Lipinski definition) is 3. The second-order valence-electron chi connectivity index (χ2n) is 3.06. The third-order valence-electron chi connectivity index (χ3n) is 1.94. The van der Waals surface area contributed by atoms with Gasteiger partial charge in [-0.15, -0.1) is 0 Å². The molecular formula is C10H16N2O2. The molecule has 78 valence electrons. The second-order valence-corrected chi connectivity index (χ2v) is 3.06. The highest BCUT2D eigenvalue weighted by Gasteiger charge is 1.92. The standard InChI is InChI=1S/C10H16N2O2/c13-9-3-5-11-6-8-12-7-2-1-4-10(12)14/h1-2,4,7,11,13H,3,5-6,8-9H2. The molecule has 1 aromatic heterocycles. The smallest absolute Gasteiger partial charge is 0.250 e. The van der Waals surface area contributed by atoms with Crippen molar-refractivity contribution in [1.82, 2.24) is 9.88 Å². The summed E-state index contributed by atoms with van der Waals surface area (Å²) in [6.45, 7) is 2.42. The predicted octanol–water partition coefficient (Wildman–Crippen LogP) is -0.180. The Hall–Kier alpha value is -1.13. The van der Waals surface area contributed by atoms with Crippen molar-refractivity contribution in [2.75, 3.05) is 19.7 Å². The highest BCUT2D eigenvalue weighted by Crippen LogP contribution is 1.81. The van der Waals surface area contributed by atoms with Crippen LogP contribution in [0.4, 0.5) is 0 Å². The molecule has 2 N–H and O–H groups in total. The van der Waals surface area contributed by atoms with Crippen LogP contribution in [0.3, 0.4) is 0 Å². The van der Waals surface area contributed by atoms with Crippen LogP contribution < -0.4 is 10.9 Å². The van der Waals surface area contributed by atoms with Gasteiger partial charge >= 0.3 is 0 Å². The number of aliphatic hydroxyl groups excluding tert-OH is 1. The summed E-state index contributed by atoms with van der Waals surface area (Å²) in [5, 5.41) is 11.7. The van der Waals surface area contributed by atoms with Gasteiger partial charge in [-0.3, -0.25) is 4.79 Å². The lowest BCUT2D eigenvalue weighted by Gasteiger charge is -2.05. The third kappa shape index (κ3) is 3.72. The number of nitrogens with zero attached hydrogens (tertiary/aromatic N) is 1. The van der Waals surface area contributed by atoms with Gasteiger partial charge in [-0.05, 0) is 19.0 Å². The zero-order valence-electron chi connectivity index (χ0n) is 8.15. The van der Waals surface area contributed by atoms with Crippen molar-refractivity contribution in [3.8, 4) is 0 Å². The minimum atomic E-state index is 0.0245. The van der Waals surface area contributed by atoms with E-state index in [0.29, 0.717) is 6.54 Å². The van der Waals surface area contributed by atoms with Gasteiger partial charge in [0, 0.05) is 32.0 Å². The van der Waals surface area contributed by atoms with Crippen molar-refractivity contribution >= 4 is 0 Å². The molecular weight excluding hydrogens is 180 g/mol. The maximum atomic E-state index is 11.2. The molecule has 0 radical (unpaired) electrons. The summed E-state index contributed by atoms with van der Waals surface area (Å²) in [6.07, 6.45) is 2.53. The molecule has 0 saturated carbocycles. The molecule has 0 atom stereocenters. The summed E-state index contributed by atoms with van der Waals surface area (Å²) in [4.78, 5) is 11.2. The molecule has 0 aliphatic heterocycles. The van der Waals surface area contributed by atoms with Crippen LogP contribution in [-0.4, -0.2) is 29.4 Å². The van der Waals surface area contributed by atoms with Crippen LogP contribution in [0, 0.1) is 0 Å². The Balaban J connectivity index is 2.25. The number of aromatic nitrogens is 1. The Morgan fingerprint density at radius 2 is 2.21 bits per heavy atom. The van der Waals surface area contributed by atoms with Crippen LogP contribution in [0.2, 0.25) is 0 Å². The van der Waals surface area contributed by atoms with Crippen molar-refractivity contribution in [3.05, 3.63) is 34.7 Å². The lowest BCUT2D eigenvalue weighted by atomic mass is 10.4. The molecule has 0 saturated heterocycles. The fourth-order valence-electron chi connectivity index (χ4n) is 1.17. The van der Waals surface area contributed by atoms with E-state index in [-0.39, 0.29) is 12.2 Å². The summed E-state index contributed by atoms with van der Waals surface area (Å²) < 4.78 is 1.66. The number of aliphatic hydroxyl groups is 1. The molecule has 0 aliphatic rings. The fourth-order valence-corrected chi connectivity index (χ4v) is 1.17. The normalized spacial score (nSPS) is 10.4. The maximum Gasteiger partial charge on any atom is 0.250 e. The highest BCUT2D eigenvalue weighted by atomic mass is 16.3. The predicted molar refractivity (Wildman–Crippen MR) is 55.3 cm³/mol. The molecule has 4 nitrogen and oxygen atoms in total. The van der Waals surface area contributed by atoms with Crippen LogP contribution in [0.5, 0.6) is 0 Å². The van der Waals surface area contributed by atoms with E-state index < -0.39 is 0 Å². The maximum absolute atomic E-state index is 11.2. The van der Waals surface area contributed by atoms with E-state index in [1.165, 1.54) is 0 Å². The fraction of sp³-hybridized carbons (Fsp3) is 0.500. The number of rotatable bonds is 6. The average Bonchev–Trinajstić information content (AvgIpc) is 2.20. The van der Waals surface area contributed by atoms with E-state index in [0.717, 1.165) is 19.5 Å². The third-order valence-corrected chi connectivity index (χ3v) is 1.94. The van der Waals surface area contributed by atoms with E-state index in [1.807, 2.05) is 6.07 Å². The average molecular weight is 196 g/mol. The molecule has 0 aliphatic carbocycles. The molecule has 0 unspecified atom stereocenters. The Labute approximate surface area is 83.2 Å². The lowest BCUT2D eigenvalue weighted by Crippen LogP contribution is -2.26. The molecule has 0 spiro atoms. The molecule has 0 amide bonds. The Morgan fingerprint density at radius 1 is 1.36 bits per heavy atom. The van der Waals surface area contributed by atoms with Crippen molar-refractivity contribution in [2.24, 2.45) is 0 Å². The van der Waals surface area contributed by atoms with Crippen molar-refractivity contribution < 1.29 is 5.11 Å². The second kappa shape index (κ2) is 6.34. The first-order valence-corrected chi connectivity index (χ1v) is 4.81. The van der Waals surface area contributed by atoms with Gasteiger partial charge in [-0.1, -0.05) is 6.07 Å². The molecule has 1 heterocycles. The molecule has 0 bridgehead atoms. The summed E-state index contributed by atoms with van der Waals surface area (Å²) in [6, 6.07) is 5.13. The van der Waals surface area contributed by atoms with Crippen LogP contribution in [0.1, 0.15) is 6.42 Å². The van der Waals surface area contributed by atoms with Gasteiger partial charge in [-0.2, -0.15) is 0 Å². The molecule has 0 aromatic carbocycles. The van der Waals surface area contributed by atoms with Gasteiger partial charge in [-0.25, -0.2) is 0 Å². The summed E-state index contributed by atoms with van der Waals surface area (Å²) in [5.74, 6) is 0. The van der Waals surface area contributed by atoms with Gasteiger partial charge in [0.2, 0.25) is 0 Å². The molecule has 1 aromatic rings. The van der Waals surface area contributed by atoms with Crippen molar-refractivity contribution in [2.45, 2.75) is 13.0 Å². The Kier molecular flexibility index (Phi) is 4.96. The zero-order valence-corrected chi connectivity index (χ0v) is 8.15. The monoisotopic (exact) mass is 196 g/mol. The topological polar surface area (TPSA) is 54.3 Å². The SMILES string of the molecule is O=c1ccccn1CCNCCCO. The summed E-state index contributed by atoms with van der Waals surface area (Å²) in [5.41, 5.74) is 0.0245. The number of hydrogen-bond donors (Lipinski definition) is 2. The van der Waals surface area contributed by atoms with E-state index in [9.17, 15) is 4.79 Å². The Morgan fingerprint density at radius 3 is 2.93 bits per heavy atom. The lowest BCUT2D eigenvalue weighted by molar-refractivity contribution is 0.286. The van der Waals surface area contributed by atoms with Gasteiger partial charge in [0.1, 0.15) is 0 Å². The van der Waals surface area contributed by atoms with E-state index in [2.05, 4.69) is 5.32 Å². The van der Waals surface area contributed by atoms with Crippen LogP contribution in [0.15, 0.2) is 29.2 Å². The number of nitrogens with one attached hydrogen (secondary N) is 1. The summed E-state index contributed by atoms with van der Waals surface area (Å²) in [7, 11) is 0. The first-order valence-electron chi connectivity index (χ1n) is 4.81. The van der Waals surface area contributed by atoms with Crippen molar-refractivity contribution in [3.63, 3.8) is 0 Å². The Bertz CT molecular complexity index is 309. The first kappa shape index (κ1) is 10.9. The van der Waals surface area contributed by atoms with Crippen LogP contribution in [0.25, 0.3) is 0 Å².